The number of carbonyl (C=O) groups excluding carboxylic acids is 1. The van der Waals surface area contributed by atoms with Crippen molar-refractivity contribution in [2.75, 3.05) is 10.6 Å². The first-order valence-corrected chi connectivity index (χ1v) is 10.4. The van der Waals surface area contributed by atoms with Gasteiger partial charge in [-0.25, -0.2) is 4.68 Å². The number of aromatic nitrogens is 2. The first kappa shape index (κ1) is 22.9. The molecule has 174 valence electrons. The van der Waals surface area contributed by atoms with Crippen molar-refractivity contribution in [2.45, 2.75) is 13.1 Å². The third-order valence-corrected chi connectivity index (χ3v) is 5.43. The Balaban J connectivity index is 1.65. The number of benzene rings is 3. The van der Waals surface area contributed by atoms with Crippen molar-refractivity contribution in [3.63, 3.8) is 0 Å². The average molecular weight is 466 g/mol. The van der Waals surface area contributed by atoms with Gasteiger partial charge in [0.25, 0.3) is 11.5 Å². The summed E-state index contributed by atoms with van der Waals surface area (Å²) in [6.45, 7) is 1.71. The summed E-state index contributed by atoms with van der Waals surface area (Å²) in [5, 5.41) is 5.55. The molecule has 9 heteroatoms. The number of rotatable bonds is 5. The lowest BCUT2D eigenvalue weighted by Crippen LogP contribution is -2.23. The van der Waals surface area contributed by atoms with Crippen molar-refractivity contribution in [2.24, 2.45) is 7.05 Å². The van der Waals surface area contributed by atoms with Crippen LogP contribution in [-0.2, 0) is 13.2 Å². The molecule has 0 unspecified atom stereocenters. The third-order valence-electron chi connectivity index (χ3n) is 5.43. The van der Waals surface area contributed by atoms with Gasteiger partial charge < -0.3 is 10.6 Å². The molecule has 0 aliphatic carbocycles. The second-order valence-corrected chi connectivity index (χ2v) is 7.64. The summed E-state index contributed by atoms with van der Waals surface area (Å²) in [6, 6.07) is 20.1. The van der Waals surface area contributed by atoms with Crippen LogP contribution in [0.3, 0.4) is 0 Å². The van der Waals surface area contributed by atoms with Gasteiger partial charge >= 0.3 is 6.18 Å². The predicted octanol–water partition coefficient (Wildman–Crippen LogP) is 5.50. The summed E-state index contributed by atoms with van der Waals surface area (Å²) >= 11 is 0. The number of carbonyl (C=O) groups is 1. The Morgan fingerprint density at radius 2 is 1.59 bits per heavy atom. The summed E-state index contributed by atoms with van der Waals surface area (Å²) < 4.78 is 42.3. The normalized spacial score (nSPS) is 11.3. The van der Waals surface area contributed by atoms with E-state index in [2.05, 4.69) is 10.6 Å². The van der Waals surface area contributed by atoms with E-state index in [1.54, 1.807) is 61.1 Å². The van der Waals surface area contributed by atoms with Gasteiger partial charge in [-0.1, -0.05) is 36.4 Å². The van der Waals surface area contributed by atoms with E-state index >= 15 is 0 Å². The zero-order valence-electron chi connectivity index (χ0n) is 18.4. The van der Waals surface area contributed by atoms with Crippen molar-refractivity contribution in [1.29, 1.82) is 0 Å². The molecule has 1 heterocycles. The number of nitrogens with zero attached hydrogens (tertiary/aromatic N) is 2. The van der Waals surface area contributed by atoms with Crippen LogP contribution in [0.2, 0.25) is 0 Å². The van der Waals surface area contributed by atoms with Crippen molar-refractivity contribution < 1.29 is 18.0 Å². The van der Waals surface area contributed by atoms with Crippen molar-refractivity contribution >= 4 is 23.0 Å². The molecule has 34 heavy (non-hydrogen) atoms. The smallest absolute Gasteiger partial charge is 0.355 e. The Labute approximate surface area is 193 Å². The summed E-state index contributed by atoms with van der Waals surface area (Å²) in [4.78, 5) is 26.2. The van der Waals surface area contributed by atoms with Crippen molar-refractivity contribution in [3.05, 3.63) is 106 Å². The molecule has 0 saturated carbocycles. The fourth-order valence-corrected chi connectivity index (χ4v) is 3.61. The number of amides is 1. The molecule has 0 radical (unpaired) electrons. The average Bonchev–Trinajstić information content (AvgIpc) is 3.02. The van der Waals surface area contributed by atoms with E-state index in [1.165, 1.54) is 22.9 Å². The zero-order chi connectivity index (χ0) is 24.5. The minimum atomic E-state index is -4.49. The molecule has 0 aliphatic rings. The summed E-state index contributed by atoms with van der Waals surface area (Å²) in [6.07, 6.45) is -4.49. The molecule has 0 saturated heterocycles. The van der Waals surface area contributed by atoms with E-state index in [9.17, 15) is 22.8 Å². The first-order chi connectivity index (χ1) is 16.2. The molecule has 0 aliphatic heterocycles. The Kier molecular flexibility index (Phi) is 6.02. The quantitative estimate of drug-likeness (QED) is 0.408. The van der Waals surface area contributed by atoms with Crippen LogP contribution in [0.1, 0.15) is 21.6 Å². The number of alkyl halides is 3. The van der Waals surface area contributed by atoms with Crippen LogP contribution in [0.5, 0.6) is 0 Å². The fraction of sp³-hybridized carbons (Fsp3) is 0.120. The molecule has 0 fully saturated rings. The van der Waals surface area contributed by atoms with Gasteiger partial charge in [-0.15, -0.1) is 0 Å². The second-order valence-electron chi connectivity index (χ2n) is 7.64. The monoisotopic (exact) mass is 466 g/mol. The third kappa shape index (κ3) is 4.45. The number of anilines is 3. The number of hydrogen-bond acceptors (Lipinski definition) is 3. The Morgan fingerprint density at radius 1 is 0.912 bits per heavy atom. The van der Waals surface area contributed by atoms with Crippen LogP contribution in [0, 0.1) is 6.92 Å². The highest BCUT2D eigenvalue weighted by Gasteiger charge is 2.30. The van der Waals surface area contributed by atoms with E-state index in [4.69, 9.17) is 0 Å². The highest BCUT2D eigenvalue weighted by Crippen LogP contribution is 2.32. The predicted molar refractivity (Wildman–Crippen MR) is 125 cm³/mol. The first-order valence-electron chi connectivity index (χ1n) is 10.4. The van der Waals surface area contributed by atoms with Crippen LogP contribution < -0.4 is 16.2 Å². The second kappa shape index (κ2) is 8.93. The molecular weight excluding hydrogens is 445 g/mol. The molecule has 1 amide bonds. The van der Waals surface area contributed by atoms with Crippen molar-refractivity contribution in [3.8, 4) is 5.69 Å². The molecule has 6 nitrogen and oxygen atoms in total. The molecule has 1 aromatic heterocycles. The number of hydrogen-bond donors (Lipinski definition) is 2. The van der Waals surface area contributed by atoms with Gasteiger partial charge in [0.1, 0.15) is 5.69 Å². The highest BCUT2D eigenvalue weighted by atomic mass is 19.4. The van der Waals surface area contributed by atoms with Crippen LogP contribution in [0.4, 0.5) is 30.2 Å². The van der Waals surface area contributed by atoms with Gasteiger partial charge in [-0.3, -0.25) is 14.3 Å². The molecule has 2 N–H and O–H groups in total. The van der Waals surface area contributed by atoms with Crippen LogP contribution in [-0.4, -0.2) is 15.3 Å². The molecule has 4 aromatic rings. The minimum absolute atomic E-state index is 0.116. The maximum atomic E-state index is 13.1. The van der Waals surface area contributed by atoms with Gasteiger partial charge in [-0.05, 0) is 49.4 Å². The lowest BCUT2D eigenvalue weighted by atomic mass is 10.1. The number of nitrogens with one attached hydrogen (secondary N) is 2. The summed E-state index contributed by atoms with van der Waals surface area (Å²) in [5.74, 6) is -0.568. The van der Waals surface area contributed by atoms with Gasteiger partial charge in [0, 0.05) is 12.7 Å². The lowest BCUT2D eigenvalue weighted by molar-refractivity contribution is -0.137. The van der Waals surface area contributed by atoms with E-state index < -0.39 is 23.2 Å². The molecule has 0 atom stereocenters. The van der Waals surface area contributed by atoms with Crippen molar-refractivity contribution in [1.82, 2.24) is 9.36 Å². The van der Waals surface area contributed by atoms with Gasteiger partial charge in [0.15, 0.2) is 0 Å². The molecule has 0 bridgehead atoms. The molecule has 0 spiro atoms. The number of halogens is 3. The summed E-state index contributed by atoms with van der Waals surface area (Å²) in [7, 11) is 1.71. The summed E-state index contributed by atoms with van der Waals surface area (Å²) in [5.41, 5.74) is 0.757. The molecular formula is C25H21F3N4O2. The standard InChI is InChI=1S/C25H21F3N4O2/c1-16-22(24(34)32(31(16)2)19-11-4-3-5-12-19)30-23(33)20-13-6-7-14-21(20)29-18-10-8-9-17(15-18)25(26,27)28/h3-15,29H,1-2H3,(H,30,33). The van der Waals surface area contributed by atoms with Gasteiger partial charge in [-0.2, -0.15) is 13.2 Å². The zero-order valence-corrected chi connectivity index (χ0v) is 18.4. The van der Waals surface area contributed by atoms with E-state index in [0.717, 1.165) is 12.1 Å². The van der Waals surface area contributed by atoms with Gasteiger partial charge in [0.2, 0.25) is 0 Å². The van der Waals surface area contributed by atoms with Crippen LogP contribution in [0.15, 0.2) is 83.7 Å². The Bertz CT molecular complexity index is 1410. The van der Waals surface area contributed by atoms with Crippen LogP contribution >= 0.6 is 0 Å². The van der Waals surface area contributed by atoms with Gasteiger partial charge in [0.05, 0.1) is 28.2 Å². The van der Waals surface area contributed by atoms with Crippen LogP contribution in [0.25, 0.3) is 5.69 Å². The largest absolute Gasteiger partial charge is 0.416 e. The molecule has 3 aromatic carbocycles. The van der Waals surface area contributed by atoms with E-state index in [1.807, 2.05) is 6.07 Å². The maximum Gasteiger partial charge on any atom is 0.416 e. The molecule has 4 rings (SSSR count). The maximum absolute atomic E-state index is 13.1. The topological polar surface area (TPSA) is 68.1 Å². The SMILES string of the molecule is Cc1c(NC(=O)c2ccccc2Nc2cccc(C(F)(F)F)c2)c(=O)n(-c2ccccc2)n1C. The minimum Gasteiger partial charge on any atom is -0.355 e. The fourth-order valence-electron chi connectivity index (χ4n) is 3.61. The Hall–Kier alpha value is -4.27. The van der Waals surface area contributed by atoms with E-state index in [-0.39, 0.29) is 16.9 Å². The van der Waals surface area contributed by atoms with E-state index in [0.29, 0.717) is 17.1 Å². The lowest BCUT2D eigenvalue weighted by Gasteiger charge is -2.13. The highest BCUT2D eigenvalue weighted by molar-refractivity contribution is 6.08. The number of para-hydroxylation sites is 2. The Morgan fingerprint density at radius 3 is 2.29 bits per heavy atom.